The molecule has 0 aliphatic carbocycles. The van der Waals surface area contributed by atoms with Gasteiger partial charge in [-0.2, -0.15) is 0 Å². The van der Waals surface area contributed by atoms with Crippen LogP contribution in [0, 0.1) is 0 Å². The number of benzene rings is 1. The third kappa shape index (κ3) is 11.3. The zero-order valence-corrected chi connectivity index (χ0v) is 19.0. The number of hydrogen-bond donors (Lipinski definition) is 4. The lowest BCUT2D eigenvalue weighted by molar-refractivity contribution is 0.0528. The molecule has 2 amide bonds. The lowest BCUT2D eigenvalue weighted by Crippen LogP contribution is -2.42. The Balaban J connectivity index is 2.41. The van der Waals surface area contributed by atoms with Gasteiger partial charge in [-0.25, -0.2) is 4.79 Å². The van der Waals surface area contributed by atoms with Gasteiger partial charge in [-0.15, -0.1) is 0 Å². The minimum atomic E-state index is -0.521. The number of guanidine groups is 1. The molecule has 4 N–H and O–H groups in total. The van der Waals surface area contributed by atoms with E-state index in [4.69, 9.17) is 4.74 Å². The summed E-state index contributed by atoms with van der Waals surface area (Å²) in [4.78, 5) is 30.1. The second-order valence-corrected chi connectivity index (χ2v) is 8.04. The lowest BCUT2D eigenvalue weighted by atomic mass is 10.1. The standard InChI is InChI=1S/C21H36N6O3/c1-21(2,3)30-20(29)25-11-10-24-19(22-4)26-15-16-8-7-9-17(14-16)18(28)23-12-13-27(5)6/h7-9,14H,10-13,15H2,1-6H3,(H,23,28)(H,25,29)(H2,22,24,26). The minimum absolute atomic E-state index is 0.0885. The maximum atomic E-state index is 12.3. The van der Waals surface area contributed by atoms with E-state index in [9.17, 15) is 9.59 Å². The van der Waals surface area contributed by atoms with Crippen LogP contribution in [0.1, 0.15) is 36.7 Å². The number of ether oxygens (including phenoxy) is 1. The van der Waals surface area contributed by atoms with Gasteiger partial charge in [-0.05, 0) is 52.6 Å². The summed E-state index contributed by atoms with van der Waals surface area (Å²) in [5, 5.41) is 11.9. The van der Waals surface area contributed by atoms with Crippen LogP contribution in [-0.4, -0.2) is 75.8 Å². The number of carbonyl (C=O) groups excluding carboxylic acids is 2. The predicted octanol–water partition coefficient (Wildman–Crippen LogP) is 1.17. The van der Waals surface area contributed by atoms with Crippen molar-refractivity contribution < 1.29 is 14.3 Å². The van der Waals surface area contributed by atoms with E-state index >= 15 is 0 Å². The van der Waals surface area contributed by atoms with Gasteiger partial charge in [0.25, 0.3) is 5.91 Å². The van der Waals surface area contributed by atoms with Crippen molar-refractivity contribution in [2.45, 2.75) is 32.9 Å². The number of hydrogen-bond acceptors (Lipinski definition) is 5. The van der Waals surface area contributed by atoms with Crippen molar-refractivity contribution in [3.8, 4) is 0 Å². The van der Waals surface area contributed by atoms with Crippen LogP contribution in [0.4, 0.5) is 4.79 Å². The largest absolute Gasteiger partial charge is 0.444 e. The van der Waals surface area contributed by atoms with Crippen molar-refractivity contribution in [1.82, 2.24) is 26.2 Å². The average Bonchev–Trinajstić information content (AvgIpc) is 2.66. The van der Waals surface area contributed by atoms with Crippen LogP contribution in [0.2, 0.25) is 0 Å². The molecular weight excluding hydrogens is 384 g/mol. The van der Waals surface area contributed by atoms with Crippen molar-refractivity contribution >= 4 is 18.0 Å². The third-order valence-electron chi connectivity index (χ3n) is 3.80. The van der Waals surface area contributed by atoms with E-state index in [1.807, 2.05) is 58.0 Å². The first-order valence-electron chi connectivity index (χ1n) is 10.0. The summed E-state index contributed by atoms with van der Waals surface area (Å²) < 4.78 is 5.18. The molecule has 1 rings (SSSR count). The lowest BCUT2D eigenvalue weighted by Gasteiger charge is -2.20. The van der Waals surface area contributed by atoms with E-state index in [1.54, 1.807) is 13.1 Å². The van der Waals surface area contributed by atoms with Crippen LogP contribution in [0.25, 0.3) is 0 Å². The first-order chi connectivity index (χ1) is 14.1. The van der Waals surface area contributed by atoms with Crippen molar-refractivity contribution in [2.24, 2.45) is 4.99 Å². The van der Waals surface area contributed by atoms with Gasteiger partial charge in [-0.1, -0.05) is 12.1 Å². The molecule has 0 saturated carbocycles. The highest BCUT2D eigenvalue weighted by molar-refractivity contribution is 5.94. The smallest absolute Gasteiger partial charge is 0.407 e. The normalized spacial score (nSPS) is 11.8. The second-order valence-electron chi connectivity index (χ2n) is 8.04. The maximum Gasteiger partial charge on any atom is 0.407 e. The molecule has 0 aromatic heterocycles. The average molecular weight is 421 g/mol. The number of rotatable bonds is 9. The van der Waals surface area contributed by atoms with E-state index in [-0.39, 0.29) is 5.91 Å². The van der Waals surface area contributed by atoms with Crippen molar-refractivity contribution in [1.29, 1.82) is 0 Å². The molecule has 0 unspecified atom stereocenters. The highest BCUT2D eigenvalue weighted by Crippen LogP contribution is 2.06. The van der Waals surface area contributed by atoms with E-state index in [2.05, 4.69) is 26.3 Å². The van der Waals surface area contributed by atoms with Crippen LogP contribution in [-0.2, 0) is 11.3 Å². The molecule has 0 atom stereocenters. The van der Waals surface area contributed by atoms with E-state index in [0.717, 1.165) is 12.1 Å². The summed E-state index contributed by atoms with van der Waals surface area (Å²) in [6.45, 7) is 8.25. The topological polar surface area (TPSA) is 107 Å². The number of aliphatic imine (C=N–C) groups is 1. The fourth-order valence-electron chi connectivity index (χ4n) is 2.38. The molecule has 0 saturated heterocycles. The van der Waals surface area contributed by atoms with Gasteiger partial charge in [0.2, 0.25) is 0 Å². The SMILES string of the molecule is CN=C(NCCNC(=O)OC(C)(C)C)NCc1cccc(C(=O)NCCN(C)C)c1. The maximum absolute atomic E-state index is 12.3. The Bertz CT molecular complexity index is 713. The minimum Gasteiger partial charge on any atom is -0.444 e. The van der Waals surface area contributed by atoms with E-state index in [0.29, 0.717) is 37.7 Å². The number of alkyl carbamates (subject to hydrolysis) is 1. The number of carbonyl (C=O) groups is 2. The molecule has 0 bridgehead atoms. The summed E-state index contributed by atoms with van der Waals surface area (Å²) in [7, 11) is 5.60. The van der Waals surface area contributed by atoms with E-state index in [1.165, 1.54) is 0 Å². The van der Waals surface area contributed by atoms with Crippen molar-refractivity contribution in [2.75, 3.05) is 47.3 Å². The molecule has 1 aromatic carbocycles. The van der Waals surface area contributed by atoms with Crippen LogP contribution in [0.3, 0.4) is 0 Å². The third-order valence-corrected chi connectivity index (χ3v) is 3.80. The van der Waals surface area contributed by atoms with Gasteiger partial charge in [-0.3, -0.25) is 9.79 Å². The van der Waals surface area contributed by atoms with Crippen molar-refractivity contribution in [3.05, 3.63) is 35.4 Å². The Morgan fingerprint density at radius 2 is 1.73 bits per heavy atom. The van der Waals surface area contributed by atoms with Crippen molar-refractivity contribution in [3.63, 3.8) is 0 Å². The molecule has 0 aliphatic rings. The molecule has 9 heteroatoms. The molecular formula is C21H36N6O3. The molecule has 168 valence electrons. The summed E-state index contributed by atoms with van der Waals surface area (Å²) in [6, 6.07) is 7.46. The predicted molar refractivity (Wildman–Crippen MR) is 120 cm³/mol. The molecule has 0 radical (unpaired) electrons. The van der Waals surface area contributed by atoms with Crippen LogP contribution in [0.15, 0.2) is 29.3 Å². The van der Waals surface area contributed by atoms with Gasteiger partial charge in [0.1, 0.15) is 5.60 Å². The van der Waals surface area contributed by atoms with Gasteiger partial charge in [0.15, 0.2) is 5.96 Å². The Kier molecular flexibility index (Phi) is 10.7. The number of amides is 2. The first kappa shape index (κ1) is 25.2. The molecule has 0 aliphatic heterocycles. The van der Waals surface area contributed by atoms with Gasteiger partial charge < -0.3 is 30.9 Å². The zero-order chi connectivity index (χ0) is 22.6. The van der Waals surface area contributed by atoms with Crippen LogP contribution in [0.5, 0.6) is 0 Å². The van der Waals surface area contributed by atoms with Gasteiger partial charge >= 0.3 is 6.09 Å². The number of nitrogens with zero attached hydrogens (tertiary/aromatic N) is 2. The fourth-order valence-corrected chi connectivity index (χ4v) is 2.38. The summed E-state index contributed by atoms with van der Waals surface area (Å²) in [5.74, 6) is 0.510. The first-order valence-corrected chi connectivity index (χ1v) is 10.0. The summed E-state index contributed by atoms with van der Waals surface area (Å²) in [5.41, 5.74) is 1.06. The quantitative estimate of drug-likeness (QED) is 0.271. The zero-order valence-electron chi connectivity index (χ0n) is 19.0. The fraction of sp³-hybridized carbons (Fsp3) is 0.571. The molecule has 30 heavy (non-hydrogen) atoms. The molecule has 0 heterocycles. The Morgan fingerprint density at radius 1 is 1.03 bits per heavy atom. The highest BCUT2D eigenvalue weighted by Gasteiger charge is 2.15. The van der Waals surface area contributed by atoms with Gasteiger partial charge in [0.05, 0.1) is 0 Å². The Morgan fingerprint density at radius 3 is 2.37 bits per heavy atom. The summed E-state index contributed by atoms with van der Waals surface area (Å²) in [6.07, 6.45) is -0.451. The molecule has 0 fully saturated rings. The van der Waals surface area contributed by atoms with Crippen LogP contribution < -0.4 is 21.3 Å². The van der Waals surface area contributed by atoms with Gasteiger partial charge in [0, 0.05) is 45.3 Å². The molecule has 9 nitrogen and oxygen atoms in total. The number of nitrogens with one attached hydrogen (secondary N) is 4. The summed E-state index contributed by atoms with van der Waals surface area (Å²) >= 11 is 0. The van der Waals surface area contributed by atoms with Crippen LogP contribution >= 0.6 is 0 Å². The Labute approximate surface area is 179 Å². The van der Waals surface area contributed by atoms with E-state index < -0.39 is 11.7 Å². The molecule has 0 spiro atoms. The second kappa shape index (κ2) is 12.7. The molecule has 1 aromatic rings. The monoisotopic (exact) mass is 420 g/mol. The number of likely N-dealkylation sites (N-methyl/N-ethyl adjacent to an activating group) is 1. The Hall–Kier alpha value is -2.81. The highest BCUT2D eigenvalue weighted by atomic mass is 16.6.